The summed E-state index contributed by atoms with van der Waals surface area (Å²) in [4.78, 5) is 39.8. The molecule has 0 aliphatic heterocycles. The van der Waals surface area contributed by atoms with Crippen molar-refractivity contribution in [3.63, 3.8) is 0 Å². The molecule has 0 bridgehead atoms. The highest BCUT2D eigenvalue weighted by Gasteiger charge is 2.23. The summed E-state index contributed by atoms with van der Waals surface area (Å²) in [5.41, 5.74) is 1.02. The van der Waals surface area contributed by atoms with Crippen LogP contribution in [0.5, 0.6) is 5.75 Å². The van der Waals surface area contributed by atoms with Gasteiger partial charge in [0.05, 0.1) is 27.0 Å². The van der Waals surface area contributed by atoms with E-state index in [4.69, 9.17) is 9.72 Å². The third-order valence-electron chi connectivity index (χ3n) is 6.86. The summed E-state index contributed by atoms with van der Waals surface area (Å²) >= 11 is 3.41. The molecule has 12 heteroatoms. The molecule has 0 radical (unpaired) electrons. The van der Waals surface area contributed by atoms with Crippen molar-refractivity contribution < 1.29 is 14.6 Å². The quantitative estimate of drug-likeness (QED) is 0.127. The molecule has 40 heavy (non-hydrogen) atoms. The van der Waals surface area contributed by atoms with Crippen LogP contribution < -0.4 is 10.3 Å². The molecule has 0 spiro atoms. The van der Waals surface area contributed by atoms with E-state index in [1.54, 1.807) is 24.3 Å². The SMILES string of the molecule is O=c1c2cc(Br)ccc2nc(C2CCCCC2)n1N=Cc1cc([N+](=O)[O-])ccc1OCc1ccc([N+](=O)[O-])cc1. The van der Waals surface area contributed by atoms with E-state index in [-0.39, 0.29) is 29.5 Å². The van der Waals surface area contributed by atoms with E-state index in [2.05, 4.69) is 21.0 Å². The van der Waals surface area contributed by atoms with E-state index in [1.165, 1.54) is 41.2 Å². The van der Waals surface area contributed by atoms with Gasteiger partial charge in [0.25, 0.3) is 16.9 Å². The molecular formula is C28H24BrN5O6. The third-order valence-corrected chi connectivity index (χ3v) is 7.35. The minimum Gasteiger partial charge on any atom is -0.488 e. The van der Waals surface area contributed by atoms with Crippen LogP contribution in [0.1, 0.15) is 55.0 Å². The first-order chi connectivity index (χ1) is 19.3. The molecule has 3 aromatic carbocycles. The van der Waals surface area contributed by atoms with Gasteiger partial charge in [-0.1, -0.05) is 35.2 Å². The van der Waals surface area contributed by atoms with Gasteiger partial charge >= 0.3 is 0 Å². The van der Waals surface area contributed by atoms with Crippen LogP contribution in [0.25, 0.3) is 10.9 Å². The van der Waals surface area contributed by atoms with E-state index in [9.17, 15) is 25.0 Å². The summed E-state index contributed by atoms with van der Waals surface area (Å²) in [6.07, 6.45) is 6.36. The van der Waals surface area contributed by atoms with Gasteiger partial charge in [0.2, 0.25) is 0 Å². The molecule has 204 valence electrons. The first-order valence-corrected chi connectivity index (χ1v) is 13.5. The number of halogens is 1. The average molecular weight is 606 g/mol. The standard InChI is InChI=1S/C28H24BrN5O6/c29-21-8-12-25-24(15-21)28(35)32(27(31-25)19-4-2-1-3-5-19)30-16-20-14-23(34(38)39)11-13-26(20)40-17-18-6-9-22(10-7-18)33(36)37/h6-16,19H,1-5,17H2. The number of nitrogens with zero attached hydrogens (tertiary/aromatic N) is 5. The maximum absolute atomic E-state index is 13.6. The molecule has 1 aliphatic carbocycles. The molecule has 4 aromatic rings. The molecule has 1 aliphatic rings. The number of nitro benzene ring substituents is 2. The average Bonchev–Trinajstić information content (AvgIpc) is 2.96. The maximum atomic E-state index is 13.6. The first-order valence-electron chi connectivity index (χ1n) is 12.7. The fraction of sp³-hybridized carbons (Fsp3) is 0.250. The zero-order valence-electron chi connectivity index (χ0n) is 21.2. The second kappa shape index (κ2) is 11.7. The Bertz CT molecular complexity index is 1680. The molecule has 1 fully saturated rings. The number of benzene rings is 3. The van der Waals surface area contributed by atoms with Crippen LogP contribution in [0.15, 0.2) is 75.0 Å². The Hall–Kier alpha value is -4.45. The van der Waals surface area contributed by atoms with Crippen molar-refractivity contribution in [2.24, 2.45) is 5.10 Å². The minimum absolute atomic E-state index is 0.0397. The normalized spacial score (nSPS) is 14.0. The highest BCUT2D eigenvalue weighted by atomic mass is 79.9. The molecule has 0 atom stereocenters. The van der Waals surface area contributed by atoms with Crippen LogP contribution in [0.2, 0.25) is 0 Å². The fourth-order valence-corrected chi connectivity index (χ4v) is 5.14. The highest BCUT2D eigenvalue weighted by Crippen LogP contribution is 2.32. The molecule has 0 saturated heterocycles. The number of nitro groups is 2. The van der Waals surface area contributed by atoms with Gasteiger partial charge in [0.1, 0.15) is 18.2 Å². The Balaban J connectivity index is 1.53. The minimum atomic E-state index is -0.522. The van der Waals surface area contributed by atoms with Crippen LogP contribution in [-0.2, 0) is 6.61 Å². The molecule has 1 saturated carbocycles. The summed E-state index contributed by atoms with van der Waals surface area (Å²) in [6.45, 7) is 0.0650. The van der Waals surface area contributed by atoms with Gasteiger partial charge in [0.15, 0.2) is 0 Å². The highest BCUT2D eigenvalue weighted by molar-refractivity contribution is 9.10. The monoisotopic (exact) mass is 605 g/mol. The lowest BCUT2D eigenvalue weighted by molar-refractivity contribution is -0.385. The number of aromatic nitrogens is 2. The summed E-state index contributed by atoms with van der Waals surface area (Å²) in [5, 5.41) is 27.3. The molecule has 0 unspecified atom stereocenters. The van der Waals surface area contributed by atoms with E-state index in [0.717, 1.165) is 36.6 Å². The molecule has 1 heterocycles. The van der Waals surface area contributed by atoms with Crippen LogP contribution in [0.3, 0.4) is 0 Å². The second-order valence-electron chi connectivity index (χ2n) is 9.52. The number of fused-ring (bicyclic) bond motifs is 1. The van der Waals surface area contributed by atoms with Crippen molar-refractivity contribution in [2.45, 2.75) is 44.6 Å². The molecular weight excluding hydrogens is 582 g/mol. The van der Waals surface area contributed by atoms with Gasteiger partial charge in [0, 0.05) is 40.2 Å². The first kappa shape index (κ1) is 27.1. The number of hydrogen-bond donors (Lipinski definition) is 0. The molecule has 1 aromatic heterocycles. The van der Waals surface area contributed by atoms with Gasteiger partial charge in [-0.2, -0.15) is 9.78 Å². The van der Waals surface area contributed by atoms with E-state index < -0.39 is 9.85 Å². The number of hydrogen-bond acceptors (Lipinski definition) is 8. The van der Waals surface area contributed by atoms with Crippen molar-refractivity contribution >= 4 is 44.4 Å². The number of ether oxygens (including phenoxy) is 1. The lowest BCUT2D eigenvalue weighted by atomic mass is 9.88. The smallest absolute Gasteiger partial charge is 0.282 e. The predicted molar refractivity (Wildman–Crippen MR) is 153 cm³/mol. The second-order valence-corrected chi connectivity index (χ2v) is 10.4. The molecule has 11 nitrogen and oxygen atoms in total. The molecule has 0 N–H and O–H groups in total. The summed E-state index contributed by atoms with van der Waals surface area (Å²) in [6, 6.07) is 15.3. The van der Waals surface area contributed by atoms with Crippen molar-refractivity contribution in [3.8, 4) is 5.75 Å². The van der Waals surface area contributed by atoms with Crippen molar-refractivity contribution in [1.82, 2.24) is 9.66 Å². The Kier molecular flexibility index (Phi) is 7.96. The van der Waals surface area contributed by atoms with Gasteiger partial charge in [-0.15, -0.1) is 0 Å². The van der Waals surface area contributed by atoms with Crippen LogP contribution in [0, 0.1) is 20.2 Å². The van der Waals surface area contributed by atoms with Gasteiger partial charge in [-0.3, -0.25) is 25.0 Å². The van der Waals surface area contributed by atoms with Crippen LogP contribution in [0.4, 0.5) is 11.4 Å². The van der Waals surface area contributed by atoms with Gasteiger partial charge in [-0.25, -0.2) is 4.98 Å². The number of non-ortho nitro benzene ring substituents is 2. The summed E-state index contributed by atoms with van der Waals surface area (Å²) in [5.74, 6) is 0.931. The largest absolute Gasteiger partial charge is 0.488 e. The molecule has 5 rings (SSSR count). The lowest BCUT2D eigenvalue weighted by Gasteiger charge is -2.22. The van der Waals surface area contributed by atoms with Crippen LogP contribution in [-0.4, -0.2) is 25.7 Å². The van der Waals surface area contributed by atoms with Crippen molar-refractivity contribution in [1.29, 1.82) is 0 Å². The van der Waals surface area contributed by atoms with Gasteiger partial charge < -0.3 is 4.74 Å². The van der Waals surface area contributed by atoms with Crippen molar-refractivity contribution in [3.05, 3.63) is 113 Å². The predicted octanol–water partition coefficient (Wildman–Crippen LogP) is 6.48. The third kappa shape index (κ3) is 5.91. The van der Waals surface area contributed by atoms with Crippen molar-refractivity contribution in [2.75, 3.05) is 0 Å². The Morgan fingerprint density at radius 3 is 2.38 bits per heavy atom. The zero-order valence-corrected chi connectivity index (χ0v) is 22.8. The Labute approximate surface area is 236 Å². The van der Waals surface area contributed by atoms with E-state index >= 15 is 0 Å². The lowest BCUT2D eigenvalue weighted by Crippen LogP contribution is -2.25. The molecule has 0 amide bonds. The summed E-state index contributed by atoms with van der Waals surface area (Å²) < 4.78 is 7.95. The topological polar surface area (TPSA) is 143 Å². The summed E-state index contributed by atoms with van der Waals surface area (Å²) in [7, 11) is 0. The number of rotatable bonds is 8. The Morgan fingerprint density at radius 2 is 1.68 bits per heavy atom. The van der Waals surface area contributed by atoms with Crippen LogP contribution >= 0.6 is 15.9 Å². The zero-order chi connectivity index (χ0) is 28.2. The van der Waals surface area contributed by atoms with E-state index in [0.29, 0.717) is 33.6 Å². The van der Waals surface area contributed by atoms with Gasteiger partial charge in [-0.05, 0) is 54.8 Å². The Morgan fingerprint density at radius 1 is 0.975 bits per heavy atom. The van der Waals surface area contributed by atoms with E-state index in [1.807, 2.05) is 6.07 Å². The fourth-order valence-electron chi connectivity index (χ4n) is 4.78. The maximum Gasteiger partial charge on any atom is 0.282 e.